The number of carboxylic acid groups (broad SMARTS) is 2. The van der Waals surface area contributed by atoms with Crippen LogP contribution in [0, 0.1) is 0 Å². The van der Waals surface area contributed by atoms with E-state index in [2.05, 4.69) is 5.32 Å². The number of carboxylic acids is 2. The van der Waals surface area contributed by atoms with Crippen LogP contribution in [0.25, 0.3) is 10.4 Å². The lowest BCUT2D eigenvalue weighted by atomic mass is 10.1. The normalized spacial score (nSPS) is 15.5. The number of halogens is 2. The highest BCUT2D eigenvalue weighted by Crippen LogP contribution is 2.46. The monoisotopic (exact) mass is 492 g/mol. The number of benzene rings is 1. The van der Waals surface area contributed by atoms with Crippen molar-refractivity contribution in [1.29, 1.82) is 0 Å². The van der Waals surface area contributed by atoms with Gasteiger partial charge in [-0.05, 0) is 30.5 Å². The third kappa shape index (κ3) is 5.64. The minimum absolute atomic E-state index is 0.00209. The number of rotatable bonds is 8. The lowest BCUT2D eigenvalue weighted by Gasteiger charge is -2.29. The van der Waals surface area contributed by atoms with Gasteiger partial charge in [-0.3, -0.25) is 0 Å². The van der Waals surface area contributed by atoms with Crippen molar-refractivity contribution >= 4 is 51.0 Å². The van der Waals surface area contributed by atoms with Gasteiger partial charge in [-0.25, -0.2) is 9.59 Å². The molecule has 2 heterocycles. The molecule has 1 saturated heterocycles. The van der Waals surface area contributed by atoms with Gasteiger partial charge < -0.3 is 20.3 Å². The van der Waals surface area contributed by atoms with Crippen molar-refractivity contribution in [3.05, 3.63) is 34.2 Å². The summed E-state index contributed by atoms with van der Waals surface area (Å²) in [5.41, 5.74) is 1.28. The molecule has 1 aliphatic rings. The Bertz CT molecular complexity index is 1100. The Morgan fingerprint density at radius 1 is 1.29 bits per heavy atom. The number of carbonyl (C=O) groups is 2. The van der Waals surface area contributed by atoms with Gasteiger partial charge in [0.15, 0.2) is 17.2 Å². The van der Waals surface area contributed by atoms with E-state index in [1.807, 2.05) is 0 Å². The molecule has 0 unspecified atom stereocenters. The fraction of sp³-hybridized carbons (Fsp3) is 0.333. The predicted molar refractivity (Wildman–Crippen MR) is 113 cm³/mol. The van der Waals surface area contributed by atoms with Crippen LogP contribution < -0.4 is 10.1 Å². The molecule has 168 valence electrons. The highest BCUT2D eigenvalue weighted by atomic mass is 35.5. The molecule has 3 N–H and O–H groups in total. The first-order valence-electron chi connectivity index (χ1n) is 9.03. The lowest BCUT2D eigenvalue weighted by Crippen LogP contribution is -2.40. The van der Waals surface area contributed by atoms with Crippen LogP contribution in [0.5, 0.6) is 5.75 Å². The molecule has 0 amide bonds. The summed E-state index contributed by atoms with van der Waals surface area (Å²) in [6, 6.07) is 6.89. The number of hydrogen-bond donors (Lipinski definition) is 3. The van der Waals surface area contributed by atoms with E-state index in [1.54, 1.807) is 24.3 Å². The van der Waals surface area contributed by atoms with E-state index in [1.165, 1.54) is 0 Å². The Balaban J connectivity index is 1.79. The SMILES string of the molecule is O=C(O)COc1c(C(=O)O)sc(-c2cccc(NC3CCN(S(=O)(=O)F)CC3)c2)c1Cl. The van der Waals surface area contributed by atoms with Crippen LogP contribution in [-0.2, 0) is 15.2 Å². The summed E-state index contributed by atoms with van der Waals surface area (Å²) in [6.45, 7) is -0.594. The van der Waals surface area contributed by atoms with Crippen molar-refractivity contribution in [2.24, 2.45) is 0 Å². The Kier molecular flexibility index (Phi) is 7.04. The van der Waals surface area contributed by atoms with E-state index in [-0.39, 0.29) is 34.8 Å². The molecule has 31 heavy (non-hydrogen) atoms. The zero-order valence-corrected chi connectivity index (χ0v) is 18.3. The average molecular weight is 493 g/mol. The van der Waals surface area contributed by atoms with E-state index in [0.717, 1.165) is 15.6 Å². The Labute approximate surface area is 186 Å². The molecule has 0 spiro atoms. The molecule has 13 heteroatoms. The maximum Gasteiger partial charge on any atom is 0.374 e. The number of nitrogens with one attached hydrogen (secondary N) is 1. The predicted octanol–water partition coefficient (Wildman–Crippen LogP) is 3.32. The van der Waals surface area contributed by atoms with E-state index in [9.17, 15) is 27.0 Å². The molecule has 1 aliphatic heterocycles. The van der Waals surface area contributed by atoms with Gasteiger partial charge in [-0.1, -0.05) is 27.6 Å². The van der Waals surface area contributed by atoms with Crippen LogP contribution in [0.4, 0.5) is 9.57 Å². The van der Waals surface area contributed by atoms with E-state index >= 15 is 0 Å². The first kappa shape index (κ1) is 23.3. The minimum Gasteiger partial charge on any atom is -0.479 e. The summed E-state index contributed by atoms with van der Waals surface area (Å²) in [5.74, 6) is -2.75. The van der Waals surface area contributed by atoms with Crippen molar-refractivity contribution in [3.8, 4) is 16.2 Å². The number of nitrogens with zero attached hydrogens (tertiary/aromatic N) is 1. The molecule has 1 aromatic heterocycles. The third-order valence-electron chi connectivity index (χ3n) is 4.60. The smallest absolute Gasteiger partial charge is 0.374 e. The van der Waals surface area contributed by atoms with E-state index in [0.29, 0.717) is 29.0 Å². The molecule has 0 aliphatic carbocycles. The molecule has 0 saturated carbocycles. The van der Waals surface area contributed by atoms with Crippen LogP contribution in [0.3, 0.4) is 0 Å². The molecule has 1 aromatic carbocycles. The second-order valence-electron chi connectivity index (χ2n) is 6.73. The molecule has 3 rings (SSSR count). The minimum atomic E-state index is -4.69. The second kappa shape index (κ2) is 9.39. The molecule has 9 nitrogen and oxygen atoms in total. The maximum atomic E-state index is 13.1. The summed E-state index contributed by atoms with van der Waals surface area (Å²) >= 11 is 7.17. The van der Waals surface area contributed by atoms with Crippen LogP contribution in [0.15, 0.2) is 24.3 Å². The first-order chi connectivity index (χ1) is 14.6. The fourth-order valence-electron chi connectivity index (χ4n) is 3.19. The third-order valence-corrected chi connectivity index (χ3v) is 7.26. The summed E-state index contributed by atoms with van der Waals surface area (Å²) < 4.78 is 40.9. The van der Waals surface area contributed by atoms with Gasteiger partial charge in [0.25, 0.3) is 0 Å². The van der Waals surface area contributed by atoms with Crippen molar-refractivity contribution in [3.63, 3.8) is 0 Å². The summed E-state index contributed by atoms with van der Waals surface area (Å²) in [6.07, 6.45) is 0.840. The van der Waals surface area contributed by atoms with Gasteiger partial charge in [-0.15, -0.1) is 11.3 Å². The van der Waals surface area contributed by atoms with Crippen molar-refractivity contribution < 1.29 is 36.8 Å². The molecule has 2 aromatic rings. The topological polar surface area (TPSA) is 133 Å². The van der Waals surface area contributed by atoms with Crippen LogP contribution in [0.2, 0.25) is 5.02 Å². The average Bonchev–Trinajstić information content (AvgIpc) is 3.03. The van der Waals surface area contributed by atoms with Gasteiger partial charge in [0.1, 0.15) is 5.02 Å². The molecule has 0 radical (unpaired) electrons. The van der Waals surface area contributed by atoms with Gasteiger partial charge in [0.2, 0.25) is 0 Å². The van der Waals surface area contributed by atoms with Gasteiger partial charge in [0.05, 0.1) is 4.88 Å². The number of aliphatic carboxylic acids is 1. The zero-order valence-electron chi connectivity index (χ0n) is 15.9. The quantitative estimate of drug-likeness (QED) is 0.478. The molecule has 0 bridgehead atoms. The molecule has 0 atom stereocenters. The lowest BCUT2D eigenvalue weighted by molar-refractivity contribution is -0.139. The highest BCUT2D eigenvalue weighted by Gasteiger charge is 2.28. The molecular weight excluding hydrogens is 475 g/mol. The Morgan fingerprint density at radius 3 is 2.55 bits per heavy atom. The molecular formula is C18H18ClFN2O7S2. The highest BCUT2D eigenvalue weighted by molar-refractivity contribution is 7.83. The first-order valence-corrected chi connectivity index (χ1v) is 11.6. The number of anilines is 1. The number of piperidine rings is 1. The zero-order chi connectivity index (χ0) is 22.8. The van der Waals surface area contributed by atoms with Crippen LogP contribution in [0.1, 0.15) is 22.5 Å². The standard InChI is InChI=1S/C18H18ClFN2O7S2/c19-14-15(29-9-13(23)24)17(18(25)26)30-16(14)10-2-1-3-12(8-10)21-11-4-6-22(7-5-11)31(20,27)28/h1-3,8,11,21H,4-7,9H2,(H,23,24)(H,25,26). The van der Waals surface area contributed by atoms with Gasteiger partial charge in [-0.2, -0.15) is 12.7 Å². The number of thiophene rings is 1. The number of aromatic carboxylic acids is 1. The van der Waals surface area contributed by atoms with Crippen molar-refractivity contribution in [1.82, 2.24) is 4.31 Å². The number of ether oxygens (including phenoxy) is 1. The van der Waals surface area contributed by atoms with Crippen molar-refractivity contribution in [2.75, 3.05) is 25.0 Å². The van der Waals surface area contributed by atoms with E-state index in [4.69, 9.17) is 21.4 Å². The maximum absolute atomic E-state index is 13.1. The largest absolute Gasteiger partial charge is 0.479 e. The van der Waals surface area contributed by atoms with E-state index < -0.39 is 29.0 Å². The van der Waals surface area contributed by atoms with Gasteiger partial charge >= 0.3 is 22.3 Å². The van der Waals surface area contributed by atoms with Crippen molar-refractivity contribution in [2.45, 2.75) is 18.9 Å². The number of hydrogen-bond acceptors (Lipinski definition) is 7. The Hall–Kier alpha value is -2.41. The summed E-state index contributed by atoms with van der Waals surface area (Å²) in [5, 5.41) is 21.5. The van der Waals surface area contributed by atoms with Crippen LogP contribution >= 0.6 is 22.9 Å². The summed E-state index contributed by atoms with van der Waals surface area (Å²) in [7, 11) is -4.69. The van der Waals surface area contributed by atoms with Gasteiger partial charge in [0, 0.05) is 24.8 Å². The fourth-order valence-corrected chi connectivity index (χ4v) is 5.24. The molecule has 1 fully saturated rings. The second-order valence-corrected chi connectivity index (χ2v) is 9.47. The Morgan fingerprint density at radius 2 is 1.97 bits per heavy atom. The summed E-state index contributed by atoms with van der Waals surface area (Å²) in [4.78, 5) is 22.5. The van der Waals surface area contributed by atoms with Crippen LogP contribution in [-0.4, -0.2) is 60.6 Å².